The van der Waals surface area contributed by atoms with E-state index in [9.17, 15) is 0 Å². The SMILES string of the molecule is S=P1(c2ccccc2)c2cc(Cl)cc3c2N2c4c1cc(Cl)cc4P(=S)(c1ccccc1)c1cc(Cl)cc(c12)P3(=S)c1ccccc1. The highest BCUT2D eigenvalue weighted by molar-refractivity contribution is 8.28. The molecule has 0 fully saturated rings. The van der Waals surface area contributed by atoms with Crippen molar-refractivity contribution in [1.82, 2.24) is 0 Å². The molecule has 0 unspecified atom stereocenters. The summed E-state index contributed by atoms with van der Waals surface area (Å²) in [4.78, 5) is 2.40. The van der Waals surface area contributed by atoms with E-state index < -0.39 is 18.1 Å². The molecule has 0 bridgehead atoms. The van der Waals surface area contributed by atoms with Gasteiger partial charge in [-0.05, 0) is 52.3 Å². The van der Waals surface area contributed by atoms with E-state index in [2.05, 4.69) is 114 Å². The van der Waals surface area contributed by atoms with Crippen molar-refractivity contribution in [2.75, 3.05) is 4.90 Å². The lowest BCUT2D eigenvalue weighted by atomic mass is 10.1. The van der Waals surface area contributed by atoms with Gasteiger partial charge >= 0.3 is 0 Å². The Morgan fingerprint density at radius 2 is 0.587 bits per heavy atom. The molecule has 10 heteroatoms. The second-order valence-corrected chi connectivity index (χ2v) is 25.9. The largest absolute Gasteiger partial charge is 0.306 e. The lowest BCUT2D eigenvalue weighted by Crippen LogP contribution is -2.52. The second kappa shape index (κ2) is 10.5. The molecule has 6 aromatic rings. The van der Waals surface area contributed by atoms with Gasteiger partial charge in [-0.3, -0.25) is 0 Å². The van der Waals surface area contributed by atoms with Gasteiger partial charge in [-0.2, -0.15) is 0 Å². The first-order valence-corrected chi connectivity index (χ1v) is 24.0. The van der Waals surface area contributed by atoms with E-state index in [1.54, 1.807) is 0 Å². The standard InChI is InChI=1S/C36H21Cl3NP3S3/c37-22-16-28-34-30(18-22)42(45,26-12-6-2-7-13-26)32-20-24(39)21-33-36(32)40(34)35-29(41(28,44)25-10-4-1-5-11-25)17-23(38)19-31(35)43(33,46)27-14-8-3-9-15-27/h1-21H. The van der Waals surface area contributed by atoms with Crippen LogP contribution in [0, 0.1) is 0 Å². The Labute approximate surface area is 298 Å². The second-order valence-electron chi connectivity index (χ2n) is 11.5. The van der Waals surface area contributed by atoms with Gasteiger partial charge in [-0.25, -0.2) is 0 Å². The van der Waals surface area contributed by atoms with Crippen molar-refractivity contribution < 1.29 is 0 Å². The molecule has 46 heavy (non-hydrogen) atoms. The summed E-state index contributed by atoms with van der Waals surface area (Å²) in [5.74, 6) is 0. The minimum Gasteiger partial charge on any atom is -0.306 e. The van der Waals surface area contributed by atoms with Gasteiger partial charge in [0.15, 0.2) is 0 Å². The monoisotopic (exact) mass is 761 g/mol. The third kappa shape index (κ3) is 3.80. The average molecular weight is 763 g/mol. The van der Waals surface area contributed by atoms with Crippen LogP contribution in [-0.4, -0.2) is 0 Å². The molecule has 0 aromatic heterocycles. The number of benzene rings is 6. The topological polar surface area (TPSA) is 3.24 Å². The van der Waals surface area contributed by atoms with Crippen LogP contribution >= 0.6 is 52.9 Å². The Balaban J connectivity index is 1.57. The van der Waals surface area contributed by atoms with Crippen LogP contribution in [0.25, 0.3) is 0 Å². The Morgan fingerprint density at radius 1 is 0.370 bits per heavy atom. The third-order valence-corrected chi connectivity index (χ3v) is 24.5. The molecule has 0 radical (unpaired) electrons. The lowest BCUT2D eigenvalue weighted by molar-refractivity contribution is 1.33. The molecule has 6 aromatic carbocycles. The zero-order valence-corrected chi connectivity index (χ0v) is 31.2. The van der Waals surface area contributed by atoms with Crippen molar-refractivity contribution in [1.29, 1.82) is 0 Å². The maximum atomic E-state index is 7.11. The Hall–Kier alpha value is -2.06. The van der Waals surface area contributed by atoms with Crippen LogP contribution < -0.4 is 52.6 Å². The van der Waals surface area contributed by atoms with Crippen LogP contribution in [-0.2, 0) is 35.4 Å². The highest BCUT2D eigenvalue weighted by atomic mass is 35.5. The minimum atomic E-state index is -2.72. The van der Waals surface area contributed by atoms with Crippen LogP contribution in [0.2, 0.25) is 15.1 Å². The number of halogens is 3. The van der Waals surface area contributed by atoms with E-state index >= 15 is 0 Å². The molecule has 0 N–H and O–H groups in total. The first-order valence-electron chi connectivity index (χ1n) is 14.5. The number of nitrogens with zero attached hydrogens (tertiary/aromatic N) is 1. The molecule has 0 aliphatic carbocycles. The summed E-state index contributed by atoms with van der Waals surface area (Å²) in [6.45, 7) is 0. The summed E-state index contributed by atoms with van der Waals surface area (Å²) >= 11 is 42.4. The van der Waals surface area contributed by atoms with E-state index in [4.69, 9.17) is 70.2 Å². The summed E-state index contributed by atoms with van der Waals surface area (Å²) in [6, 6.07) is 35.6. The van der Waals surface area contributed by atoms with Gasteiger partial charge in [-0.1, -0.05) is 161 Å². The van der Waals surface area contributed by atoms with Crippen LogP contribution in [0.1, 0.15) is 0 Å². The van der Waals surface area contributed by atoms with Crippen molar-refractivity contribution in [3.05, 3.63) is 142 Å². The first-order chi connectivity index (χ1) is 22.2. The third-order valence-electron chi connectivity index (χ3n) is 9.17. The summed E-state index contributed by atoms with van der Waals surface area (Å²) in [5.41, 5.74) is 3.14. The van der Waals surface area contributed by atoms with Crippen molar-refractivity contribution in [3.8, 4) is 0 Å². The highest BCUT2D eigenvalue weighted by Gasteiger charge is 2.52. The lowest BCUT2D eigenvalue weighted by Gasteiger charge is -2.52. The fourth-order valence-electron chi connectivity index (χ4n) is 7.31. The average Bonchev–Trinajstić information content (AvgIpc) is 3.08. The summed E-state index contributed by atoms with van der Waals surface area (Å²) in [7, 11) is 0. The first kappa shape index (κ1) is 30.0. The summed E-state index contributed by atoms with van der Waals surface area (Å²) in [6.07, 6.45) is 0. The predicted molar refractivity (Wildman–Crippen MR) is 215 cm³/mol. The van der Waals surface area contributed by atoms with E-state index in [-0.39, 0.29) is 0 Å². The number of rotatable bonds is 3. The van der Waals surface area contributed by atoms with Crippen molar-refractivity contribution in [3.63, 3.8) is 0 Å². The molecule has 224 valence electrons. The molecule has 0 saturated carbocycles. The molecule has 1 nitrogen and oxygen atoms in total. The van der Waals surface area contributed by atoms with E-state index in [0.29, 0.717) is 15.1 Å². The van der Waals surface area contributed by atoms with E-state index in [1.807, 2.05) is 18.2 Å². The van der Waals surface area contributed by atoms with Gasteiger partial charge < -0.3 is 4.90 Å². The molecule has 3 heterocycles. The van der Waals surface area contributed by atoms with Crippen LogP contribution in [0.15, 0.2) is 127 Å². The number of anilines is 3. The van der Waals surface area contributed by atoms with Crippen LogP contribution in [0.5, 0.6) is 0 Å². The fraction of sp³-hybridized carbons (Fsp3) is 0. The smallest absolute Gasteiger partial charge is 0.0645 e. The molecule has 0 atom stereocenters. The summed E-state index contributed by atoms with van der Waals surface area (Å²) in [5, 5.41) is 11.3. The molecule has 9 rings (SSSR count). The zero-order valence-electron chi connectivity index (χ0n) is 23.8. The number of hydrogen-bond acceptors (Lipinski definition) is 4. The number of hydrogen-bond donors (Lipinski definition) is 0. The molecule has 3 aliphatic heterocycles. The van der Waals surface area contributed by atoms with Gasteiger partial charge in [0.05, 0.1) is 17.1 Å². The van der Waals surface area contributed by atoms with E-state index in [0.717, 1.165) is 64.8 Å². The van der Waals surface area contributed by atoms with Crippen molar-refractivity contribution in [2.45, 2.75) is 0 Å². The minimum absolute atomic E-state index is 0.617. The van der Waals surface area contributed by atoms with E-state index in [1.165, 1.54) is 0 Å². The van der Waals surface area contributed by atoms with Gasteiger partial charge in [0.25, 0.3) is 0 Å². The molecule has 0 amide bonds. The molecule has 0 saturated heterocycles. The molecular weight excluding hydrogens is 742 g/mol. The maximum Gasteiger partial charge on any atom is 0.0645 e. The summed E-state index contributed by atoms with van der Waals surface area (Å²) < 4.78 is 0. The van der Waals surface area contributed by atoms with Crippen LogP contribution in [0.4, 0.5) is 17.1 Å². The predicted octanol–water partition coefficient (Wildman–Crippen LogP) is 7.32. The molecule has 0 spiro atoms. The normalized spacial score (nSPS) is 23.2. The van der Waals surface area contributed by atoms with Gasteiger partial charge in [0, 0.05) is 65.0 Å². The van der Waals surface area contributed by atoms with Gasteiger partial charge in [-0.15, -0.1) is 0 Å². The molecular formula is C36H21Cl3NP3S3. The Bertz CT molecular complexity index is 2090. The van der Waals surface area contributed by atoms with Gasteiger partial charge in [0.1, 0.15) is 0 Å². The quantitative estimate of drug-likeness (QED) is 0.174. The van der Waals surface area contributed by atoms with Crippen LogP contribution in [0.3, 0.4) is 0 Å². The Morgan fingerprint density at radius 3 is 0.804 bits per heavy atom. The Kier molecular flexibility index (Phi) is 6.83. The fourth-order valence-corrected chi connectivity index (χ4v) is 21.6. The van der Waals surface area contributed by atoms with Gasteiger partial charge in [0.2, 0.25) is 0 Å². The maximum absolute atomic E-state index is 7.11. The van der Waals surface area contributed by atoms with Crippen molar-refractivity contribution in [2.24, 2.45) is 0 Å². The highest BCUT2D eigenvalue weighted by Crippen LogP contribution is 2.66. The molecule has 3 aliphatic rings. The van der Waals surface area contributed by atoms with Crippen molar-refractivity contribution >= 4 is 153 Å². The zero-order chi connectivity index (χ0) is 31.6.